The van der Waals surface area contributed by atoms with Crippen LogP contribution in [-0.4, -0.2) is 60.1 Å². The van der Waals surface area contributed by atoms with Crippen molar-refractivity contribution in [2.75, 3.05) is 44.2 Å². The van der Waals surface area contributed by atoms with Crippen LogP contribution in [0.4, 0.5) is 10.3 Å². The number of halogens is 2. The lowest BCUT2D eigenvalue weighted by Gasteiger charge is -2.36. The van der Waals surface area contributed by atoms with Crippen molar-refractivity contribution in [2.24, 2.45) is 4.99 Å². The number of piperazine rings is 1. The van der Waals surface area contributed by atoms with E-state index in [0.29, 0.717) is 13.0 Å². The second kappa shape index (κ2) is 10.4. The SMILES string of the molecule is CCNC(=NCCCc1ccc(Br)cc1F)N1CCN(c2ncccn2)CC1. The highest BCUT2D eigenvalue weighted by Gasteiger charge is 2.20. The maximum atomic E-state index is 13.9. The van der Waals surface area contributed by atoms with Crippen molar-refractivity contribution in [3.05, 3.63) is 52.5 Å². The summed E-state index contributed by atoms with van der Waals surface area (Å²) in [5.74, 6) is 1.54. The third-order valence-corrected chi connectivity index (χ3v) is 5.12. The molecule has 1 fully saturated rings. The van der Waals surface area contributed by atoms with Gasteiger partial charge in [0, 0.05) is 56.1 Å². The van der Waals surface area contributed by atoms with Crippen LogP contribution in [0.1, 0.15) is 18.9 Å². The van der Waals surface area contributed by atoms with Crippen molar-refractivity contribution in [1.82, 2.24) is 20.2 Å². The van der Waals surface area contributed by atoms with Gasteiger partial charge in [-0.1, -0.05) is 22.0 Å². The van der Waals surface area contributed by atoms with Crippen molar-refractivity contribution < 1.29 is 4.39 Å². The van der Waals surface area contributed by atoms with Gasteiger partial charge in [0.2, 0.25) is 5.95 Å². The summed E-state index contributed by atoms with van der Waals surface area (Å²) < 4.78 is 14.7. The van der Waals surface area contributed by atoms with Crippen LogP contribution in [0.15, 0.2) is 46.1 Å². The minimum Gasteiger partial charge on any atom is -0.357 e. The van der Waals surface area contributed by atoms with Crippen LogP contribution < -0.4 is 10.2 Å². The molecule has 2 aromatic rings. The van der Waals surface area contributed by atoms with E-state index in [2.05, 4.69) is 47.9 Å². The number of hydrogen-bond donors (Lipinski definition) is 1. The van der Waals surface area contributed by atoms with Gasteiger partial charge in [-0.15, -0.1) is 0 Å². The lowest BCUT2D eigenvalue weighted by atomic mass is 10.1. The predicted octanol–water partition coefficient (Wildman–Crippen LogP) is 3.10. The topological polar surface area (TPSA) is 56.7 Å². The molecule has 2 heterocycles. The summed E-state index contributed by atoms with van der Waals surface area (Å²) in [6.07, 6.45) is 5.04. The van der Waals surface area contributed by atoms with Gasteiger partial charge in [0.1, 0.15) is 5.82 Å². The summed E-state index contributed by atoms with van der Waals surface area (Å²) in [6.45, 7) is 7.01. The highest BCUT2D eigenvalue weighted by atomic mass is 79.9. The van der Waals surface area contributed by atoms with E-state index in [9.17, 15) is 4.39 Å². The highest BCUT2D eigenvalue weighted by Crippen LogP contribution is 2.16. The van der Waals surface area contributed by atoms with Crippen LogP contribution in [0.2, 0.25) is 0 Å². The molecule has 0 bridgehead atoms. The van der Waals surface area contributed by atoms with E-state index in [-0.39, 0.29) is 5.82 Å². The van der Waals surface area contributed by atoms with E-state index in [0.717, 1.165) is 61.1 Å². The maximum Gasteiger partial charge on any atom is 0.225 e. The average Bonchev–Trinajstić information content (AvgIpc) is 2.72. The number of nitrogens with zero attached hydrogens (tertiary/aromatic N) is 5. The molecule has 150 valence electrons. The monoisotopic (exact) mass is 448 g/mol. The molecule has 28 heavy (non-hydrogen) atoms. The van der Waals surface area contributed by atoms with E-state index < -0.39 is 0 Å². The minimum absolute atomic E-state index is 0.162. The number of hydrogen-bond acceptors (Lipinski definition) is 4. The molecular formula is C20H26BrFN6. The van der Waals surface area contributed by atoms with E-state index in [4.69, 9.17) is 4.99 Å². The van der Waals surface area contributed by atoms with E-state index >= 15 is 0 Å². The number of aryl methyl sites for hydroxylation is 1. The Morgan fingerprint density at radius 2 is 1.96 bits per heavy atom. The number of anilines is 1. The van der Waals surface area contributed by atoms with Crippen LogP contribution in [0.25, 0.3) is 0 Å². The third kappa shape index (κ3) is 5.64. The summed E-state index contributed by atoms with van der Waals surface area (Å²) in [5, 5.41) is 3.37. The Bertz CT molecular complexity index is 778. The van der Waals surface area contributed by atoms with Gasteiger partial charge in [0.25, 0.3) is 0 Å². The summed E-state index contributed by atoms with van der Waals surface area (Å²) in [4.78, 5) is 17.9. The van der Waals surface area contributed by atoms with Crippen LogP contribution in [0.5, 0.6) is 0 Å². The molecule has 0 spiro atoms. The Labute approximate surface area is 174 Å². The predicted molar refractivity (Wildman–Crippen MR) is 114 cm³/mol. The highest BCUT2D eigenvalue weighted by molar-refractivity contribution is 9.10. The first-order valence-corrected chi connectivity index (χ1v) is 10.5. The van der Waals surface area contributed by atoms with Gasteiger partial charge < -0.3 is 15.1 Å². The zero-order valence-electron chi connectivity index (χ0n) is 16.1. The molecule has 8 heteroatoms. The first-order valence-electron chi connectivity index (χ1n) is 9.66. The second-order valence-corrected chi connectivity index (χ2v) is 7.51. The molecule has 3 rings (SSSR count). The van der Waals surface area contributed by atoms with Gasteiger partial charge in [-0.05, 0) is 43.5 Å². The zero-order valence-corrected chi connectivity index (χ0v) is 17.7. The van der Waals surface area contributed by atoms with E-state index in [1.807, 2.05) is 18.2 Å². The Balaban J connectivity index is 1.51. The lowest BCUT2D eigenvalue weighted by molar-refractivity contribution is 0.370. The number of nitrogens with one attached hydrogen (secondary N) is 1. The van der Waals surface area contributed by atoms with Crippen LogP contribution in [0, 0.1) is 5.82 Å². The molecular weight excluding hydrogens is 423 g/mol. The molecule has 0 unspecified atom stereocenters. The number of aliphatic imine (C=N–C) groups is 1. The second-order valence-electron chi connectivity index (χ2n) is 6.60. The van der Waals surface area contributed by atoms with Crippen LogP contribution >= 0.6 is 15.9 Å². The summed E-state index contributed by atoms with van der Waals surface area (Å²) >= 11 is 3.29. The van der Waals surface area contributed by atoms with Gasteiger partial charge in [-0.2, -0.15) is 0 Å². The molecule has 1 aromatic carbocycles. The first-order chi connectivity index (χ1) is 13.7. The van der Waals surface area contributed by atoms with Gasteiger partial charge in [-0.25, -0.2) is 14.4 Å². The van der Waals surface area contributed by atoms with Gasteiger partial charge in [0.15, 0.2) is 5.96 Å². The van der Waals surface area contributed by atoms with Gasteiger partial charge in [-0.3, -0.25) is 4.99 Å². The number of rotatable bonds is 6. The average molecular weight is 449 g/mol. The van der Waals surface area contributed by atoms with Gasteiger partial charge in [0.05, 0.1) is 0 Å². The largest absolute Gasteiger partial charge is 0.357 e. The molecule has 0 atom stereocenters. The minimum atomic E-state index is -0.162. The van der Waals surface area contributed by atoms with Crippen molar-refractivity contribution >= 4 is 27.8 Å². The van der Waals surface area contributed by atoms with Crippen LogP contribution in [-0.2, 0) is 6.42 Å². The fourth-order valence-corrected chi connectivity index (χ4v) is 3.51. The van der Waals surface area contributed by atoms with E-state index in [1.54, 1.807) is 12.4 Å². The Morgan fingerprint density at radius 3 is 2.64 bits per heavy atom. The normalized spacial score (nSPS) is 15.0. The van der Waals surface area contributed by atoms with Crippen molar-refractivity contribution in [3.8, 4) is 0 Å². The summed E-state index contributed by atoms with van der Waals surface area (Å²) in [5.41, 5.74) is 0.736. The molecule has 1 aromatic heterocycles. The summed E-state index contributed by atoms with van der Waals surface area (Å²) in [6, 6.07) is 7.05. The van der Waals surface area contributed by atoms with E-state index in [1.165, 1.54) is 6.07 Å². The fraction of sp³-hybridized carbons (Fsp3) is 0.450. The Hall–Kier alpha value is -2.22. The Kier molecular flexibility index (Phi) is 7.59. The quantitative estimate of drug-likeness (QED) is 0.418. The maximum absolute atomic E-state index is 13.9. The standard InChI is InChI=1S/C20H26BrFN6/c1-2-23-19(24-8-3-5-16-6-7-17(21)15-18(16)22)27-11-13-28(14-12-27)20-25-9-4-10-26-20/h4,6-7,9-10,15H,2-3,5,8,11-14H2,1H3,(H,23,24). The van der Waals surface area contributed by atoms with Crippen molar-refractivity contribution in [1.29, 1.82) is 0 Å². The smallest absolute Gasteiger partial charge is 0.225 e. The molecule has 1 N–H and O–H groups in total. The van der Waals surface area contributed by atoms with Gasteiger partial charge >= 0.3 is 0 Å². The molecule has 1 saturated heterocycles. The molecule has 0 radical (unpaired) electrons. The Morgan fingerprint density at radius 1 is 1.21 bits per heavy atom. The molecule has 1 aliphatic rings. The molecule has 6 nitrogen and oxygen atoms in total. The lowest BCUT2D eigenvalue weighted by Crippen LogP contribution is -2.53. The number of benzene rings is 1. The number of aromatic nitrogens is 2. The third-order valence-electron chi connectivity index (χ3n) is 4.63. The number of guanidine groups is 1. The molecule has 1 aliphatic heterocycles. The van der Waals surface area contributed by atoms with Crippen molar-refractivity contribution in [2.45, 2.75) is 19.8 Å². The zero-order chi connectivity index (χ0) is 19.8. The van der Waals surface area contributed by atoms with Crippen LogP contribution in [0.3, 0.4) is 0 Å². The fourth-order valence-electron chi connectivity index (χ4n) is 3.18. The van der Waals surface area contributed by atoms with Crippen molar-refractivity contribution in [3.63, 3.8) is 0 Å². The molecule has 0 aliphatic carbocycles. The molecule has 0 amide bonds. The summed E-state index contributed by atoms with van der Waals surface area (Å²) in [7, 11) is 0. The first kappa shape index (κ1) is 20.5. The molecule has 0 saturated carbocycles.